The molecular formula is C11H13ClN2O4. The topological polar surface area (TPSA) is 92.5 Å². The van der Waals surface area contributed by atoms with Gasteiger partial charge < -0.3 is 10.4 Å². The fourth-order valence-corrected chi connectivity index (χ4v) is 1.57. The first kappa shape index (κ1) is 14.4. The summed E-state index contributed by atoms with van der Waals surface area (Å²) in [4.78, 5) is 21.7. The molecule has 1 amide bonds. The van der Waals surface area contributed by atoms with E-state index in [4.69, 9.17) is 11.6 Å². The van der Waals surface area contributed by atoms with Gasteiger partial charge in [0, 0.05) is 12.6 Å². The Morgan fingerprint density at radius 3 is 2.83 bits per heavy atom. The maximum absolute atomic E-state index is 11.7. The Morgan fingerprint density at radius 2 is 2.28 bits per heavy atom. The van der Waals surface area contributed by atoms with E-state index in [1.807, 2.05) is 0 Å². The smallest absolute Gasteiger partial charge is 0.288 e. The van der Waals surface area contributed by atoms with Crippen LogP contribution in [0.15, 0.2) is 18.2 Å². The number of halogens is 1. The third kappa shape index (κ3) is 3.41. The van der Waals surface area contributed by atoms with Gasteiger partial charge in [0.25, 0.3) is 11.6 Å². The number of carbonyl (C=O) groups excluding carboxylic acids is 1. The summed E-state index contributed by atoms with van der Waals surface area (Å²) in [5, 5.41) is 22.2. The van der Waals surface area contributed by atoms with Crippen molar-refractivity contribution in [2.75, 3.05) is 6.54 Å². The number of aliphatic hydroxyl groups excluding tert-OH is 1. The molecule has 1 rings (SSSR count). The molecule has 0 aliphatic carbocycles. The van der Waals surface area contributed by atoms with E-state index in [-0.39, 0.29) is 22.8 Å². The number of amides is 1. The van der Waals surface area contributed by atoms with Crippen LogP contribution in [-0.2, 0) is 0 Å². The van der Waals surface area contributed by atoms with Crippen molar-refractivity contribution in [3.05, 3.63) is 38.9 Å². The molecule has 0 saturated carbocycles. The van der Waals surface area contributed by atoms with E-state index >= 15 is 0 Å². The summed E-state index contributed by atoms with van der Waals surface area (Å²) in [5.74, 6) is -0.545. The van der Waals surface area contributed by atoms with Crippen LogP contribution in [0.1, 0.15) is 23.7 Å². The molecule has 0 saturated heterocycles. The number of aliphatic hydroxyl groups is 1. The molecule has 0 aliphatic rings. The molecule has 1 aromatic carbocycles. The van der Waals surface area contributed by atoms with Crippen LogP contribution < -0.4 is 5.32 Å². The largest absolute Gasteiger partial charge is 0.391 e. The molecule has 1 aromatic rings. The summed E-state index contributed by atoms with van der Waals surface area (Å²) in [6.45, 7) is 1.85. The Kier molecular flexibility index (Phi) is 5.06. The molecule has 0 bridgehead atoms. The van der Waals surface area contributed by atoms with Crippen molar-refractivity contribution in [2.24, 2.45) is 0 Å². The van der Waals surface area contributed by atoms with Gasteiger partial charge in [-0.3, -0.25) is 14.9 Å². The summed E-state index contributed by atoms with van der Waals surface area (Å²) in [6.07, 6.45) is -0.144. The summed E-state index contributed by atoms with van der Waals surface area (Å²) in [7, 11) is 0. The SMILES string of the molecule is CCC(O)CNC(=O)c1cccc([N+](=O)[O-])c1Cl. The van der Waals surface area contributed by atoms with Gasteiger partial charge >= 0.3 is 0 Å². The van der Waals surface area contributed by atoms with E-state index in [2.05, 4.69) is 5.32 Å². The third-order valence-electron chi connectivity index (χ3n) is 2.39. The van der Waals surface area contributed by atoms with Crippen molar-refractivity contribution < 1.29 is 14.8 Å². The average molecular weight is 273 g/mol. The average Bonchev–Trinajstić information content (AvgIpc) is 2.35. The highest BCUT2D eigenvalue weighted by Crippen LogP contribution is 2.27. The van der Waals surface area contributed by atoms with Crippen molar-refractivity contribution in [3.8, 4) is 0 Å². The molecule has 0 fully saturated rings. The molecule has 0 radical (unpaired) electrons. The monoisotopic (exact) mass is 272 g/mol. The molecule has 0 aliphatic heterocycles. The number of rotatable bonds is 5. The molecule has 2 N–H and O–H groups in total. The quantitative estimate of drug-likeness (QED) is 0.631. The van der Waals surface area contributed by atoms with Gasteiger partial charge in [-0.1, -0.05) is 24.6 Å². The van der Waals surface area contributed by atoms with Gasteiger partial charge in [0.15, 0.2) is 0 Å². The van der Waals surface area contributed by atoms with Gasteiger partial charge in [0.05, 0.1) is 16.6 Å². The van der Waals surface area contributed by atoms with E-state index in [0.29, 0.717) is 6.42 Å². The van der Waals surface area contributed by atoms with Crippen LogP contribution in [0.5, 0.6) is 0 Å². The number of benzene rings is 1. The second kappa shape index (κ2) is 6.32. The van der Waals surface area contributed by atoms with Crippen LogP contribution in [0.4, 0.5) is 5.69 Å². The summed E-state index contributed by atoms with van der Waals surface area (Å²) in [5.41, 5.74) is -0.297. The molecule has 18 heavy (non-hydrogen) atoms. The second-order valence-electron chi connectivity index (χ2n) is 3.67. The van der Waals surface area contributed by atoms with E-state index in [1.165, 1.54) is 18.2 Å². The molecular weight excluding hydrogens is 260 g/mol. The first-order valence-corrected chi connectivity index (χ1v) is 5.74. The maximum Gasteiger partial charge on any atom is 0.288 e. The molecule has 0 spiro atoms. The predicted molar refractivity (Wildman–Crippen MR) is 66.7 cm³/mol. The van der Waals surface area contributed by atoms with Crippen molar-refractivity contribution in [3.63, 3.8) is 0 Å². The zero-order valence-electron chi connectivity index (χ0n) is 9.72. The molecule has 1 unspecified atom stereocenters. The highest BCUT2D eigenvalue weighted by molar-refractivity contribution is 6.35. The fraction of sp³-hybridized carbons (Fsp3) is 0.364. The minimum atomic E-state index is -0.653. The highest BCUT2D eigenvalue weighted by Gasteiger charge is 2.19. The van der Waals surface area contributed by atoms with Gasteiger partial charge in [0.2, 0.25) is 0 Å². The van der Waals surface area contributed by atoms with E-state index in [1.54, 1.807) is 6.92 Å². The summed E-state index contributed by atoms with van der Waals surface area (Å²) in [6, 6.07) is 4.00. The number of nitro groups is 1. The van der Waals surface area contributed by atoms with Gasteiger partial charge in [-0.25, -0.2) is 0 Å². The minimum Gasteiger partial charge on any atom is -0.391 e. The molecule has 1 atom stereocenters. The number of nitrogens with zero attached hydrogens (tertiary/aromatic N) is 1. The summed E-state index contributed by atoms with van der Waals surface area (Å²) < 4.78 is 0. The Hall–Kier alpha value is -1.66. The number of hydrogen-bond acceptors (Lipinski definition) is 4. The van der Waals surface area contributed by atoms with Crippen LogP contribution in [0, 0.1) is 10.1 Å². The Labute approximate surface area is 109 Å². The molecule has 0 heterocycles. The minimum absolute atomic E-state index is 0.0224. The van der Waals surface area contributed by atoms with Crippen LogP contribution in [-0.4, -0.2) is 28.6 Å². The molecule has 0 aromatic heterocycles. The lowest BCUT2D eigenvalue weighted by Gasteiger charge is -2.10. The highest BCUT2D eigenvalue weighted by atomic mass is 35.5. The molecule has 98 valence electrons. The lowest BCUT2D eigenvalue weighted by molar-refractivity contribution is -0.384. The normalized spacial score (nSPS) is 11.9. The number of nitrogens with one attached hydrogen (secondary N) is 1. The maximum atomic E-state index is 11.7. The third-order valence-corrected chi connectivity index (χ3v) is 2.79. The standard InChI is InChI=1S/C11H13ClN2O4/c1-2-7(15)6-13-11(16)8-4-3-5-9(10(8)12)14(17)18/h3-5,7,15H,2,6H2,1H3,(H,13,16). The van der Waals surface area contributed by atoms with Crippen molar-refractivity contribution in [2.45, 2.75) is 19.4 Å². The van der Waals surface area contributed by atoms with Gasteiger partial charge in [-0.15, -0.1) is 0 Å². The van der Waals surface area contributed by atoms with Crippen LogP contribution in [0.25, 0.3) is 0 Å². The first-order chi connectivity index (χ1) is 8.47. The van der Waals surface area contributed by atoms with E-state index in [0.717, 1.165) is 0 Å². The zero-order chi connectivity index (χ0) is 13.7. The van der Waals surface area contributed by atoms with Crippen LogP contribution >= 0.6 is 11.6 Å². The lowest BCUT2D eigenvalue weighted by atomic mass is 10.2. The van der Waals surface area contributed by atoms with Gasteiger partial charge in [-0.05, 0) is 12.5 Å². The van der Waals surface area contributed by atoms with Crippen molar-refractivity contribution in [1.29, 1.82) is 0 Å². The number of carbonyl (C=O) groups is 1. The van der Waals surface area contributed by atoms with Crippen LogP contribution in [0.3, 0.4) is 0 Å². The zero-order valence-corrected chi connectivity index (χ0v) is 10.5. The van der Waals surface area contributed by atoms with Crippen molar-refractivity contribution in [1.82, 2.24) is 5.32 Å². The van der Waals surface area contributed by atoms with Gasteiger partial charge in [0.1, 0.15) is 5.02 Å². The summed E-state index contributed by atoms with van der Waals surface area (Å²) >= 11 is 5.78. The Bertz CT molecular complexity index is 464. The van der Waals surface area contributed by atoms with E-state index in [9.17, 15) is 20.0 Å². The first-order valence-electron chi connectivity index (χ1n) is 5.36. The number of nitro benzene ring substituents is 1. The number of hydrogen-bond donors (Lipinski definition) is 2. The second-order valence-corrected chi connectivity index (χ2v) is 4.05. The molecule has 6 nitrogen and oxygen atoms in total. The predicted octanol–water partition coefficient (Wildman–Crippen LogP) is 1.75. The van der Waals surface area contributed by atoms with E-state index < -0.39 is 16.9 Å². The van der Waals surface area contributed by atoms with Crippen LogP contribution in [0.2, 0.25) is 5.02 Å². The Morgan fingerprint density at radius 1 is 1.61 bits per heavy atom. The van der Waals surface area contributed by atoms with Crippen molar-refractivity contribution >= 4 is 23.2 Å². The fourth-order valence-electron chi connectivity index (χ4n) is 1.29. The lowest BCUT2D eigenvalue weighted by Crippen LogP contribution is -2.31. The van der Waals surface area contributed by atoms with Gasteiger partial charge in [-0.2, -0.15) is 0 Å². The molecule has 7 heteroatoms. The Balaban J connectivity index is 2.86.